The van der Waals surface area contributed by atoms with Crippen molar-refractivity contribution in [2.45, 2.75) is 46.0 Å². The van der Waals surface area contributed by atoms with Gasteiger partial charge in [0, 0.05) is 19.6 Å². The van der Waals surface area contributed by atoms with E-state index in [4.69, 9.17) is 5.11 Å². The first-order valence-corrected chi connectivity index (χ1v) is 8.23. The van der Waals surface area contributed by atoms with E-state index in [2.05, 4.69) is 19.2 Å². The molecule has 2 N–H and O–H groups in total. The standard InChI is InChI=1S/C16H28N2O3/c1-11-7-8-18(10-12(11)2)16(21)17-9-13-3-5-14(6-4-13)15(19)20/h11-14H,3-10H2,1-2H3,(H,17,21)(H,19,20). The lowest BCUT2D eigenvalue weighted by molar-refractivity contribution is -0.143. The van der Waals surface area contributed by atoms with Gasteiger partial charge in [0.2, 0.25) is 0 Å². The normalized spacial score (nSPS) is 33.5. The summed E-state index contributed by atoms with van der Waals surface area (Å²) in [5, 5.41) is 12.0. The van der Waals surface area contributed by atoms with Crippen LogP contribution >= 0.6 is 0 Å². The van der Waals surface area contributed by atoms with Crippen molar-refractivity contribution in [1.82, 2.24) is 10.2 Å². The number of nitrogens with one attached hydrogen (secondary N) is 1. The minimum atomic E-state index is -0.672. The number of carboxylic acids is 1. The molecule has 0 spiro atoms. The van der Waals surface area contributed by atoms with E-state index < -0.39 is 5.97 Å². The smallest absolute Gasteiger partial charge is 0.317 e. The number of carboxylic acid groups (broad SMARTS) is 1. The molecule has 2 rings (SSSR count). The van der Waals surface area contributed by atoms with E-state index in [1.54, 1.807) is 0 Å². The maximum atomic E-state index is 12.2. The molecule has 0 radical (unpaired) electrons. The minimum Gasteiger partial charge on any atom is -0.481 e. The summed E-state index contributed by atoms with van der Waals surface area (Å²) in [6, 6.07) is 0.0501. The van der Waals surface area contributed by atoms with Crippen LogP contribution in [0.2, 0.25) is 0 Å². The van der Waals surface area contributed by atoms with Gasteiger partial charge in [-0.1, -0.05) is 13.8 Å². The molecule has 2 amide bonds. The van der Waals surface area contributed by atoms with Crippen LogP contribution in [0.25, 0.3) is 0 Å². The van der Waals surface area contributed by atoms with Crippen LogP contribution in [0.5, 0.6) is 0 Å². The third kappa shape index (κ3) is 4.35. The maximum absolute atomic E-state index is 12.2. The predicted octanol–water partition coefficient (Wildman–Crippen LogP) is 2.56. The first kappa shape index (κ1) is 16.1. The van der Waals surface area contributed by atoms with Crippen LogP contribution in [0.1, 0.15) is 46.0 Å². The molecule has 0 aromatic rings. The Bertz CT molecular complexity index is 378. The number of hydrogen-bond acceptors (Lipinski definition) is 2. The Kier molecular flexibility index (Phi) is 5.48. The molecule has 5 nitrogen and oxygen atoms in total. The van der Waals surface area contributed by atoms with Crippen LogP contribution < -0.4 is 5.32 Å². The van der Waals surface area contributed by atoms with Gasteiger partial charge in [-0.2, -0.15) is 0 Å². The van der Waals surface area contributed by atoms with E-state index in [1.165, 1.54) is 0 Å². The molecule has 2 aliphatic rings. The Morgan fingerprint density at radius 3 is 2.33 bits per heavy atom. The van der Waals surface area contributed by atoms with Gasteiger partial charge in [0.15, 0.2) is 0 Å². The lowest BCUT2D eigenvalue weighted by Gasteiger charge is -2.35. The van der Waals surface area contributed by atoms with Crippen molar-refractivity contribution in [3.63, 3.8) is 0 Å². The molecular formula is C16H28N2O3. The van der Waals surface area contributed by atoms with Crippen LogP contribution in [-0.2, 0) is 4.79 Å². The number of amides is 2. The fraction of sp³-hybridized carbons (Fsp3) is 0.875. The van der Waals surface area contributed by atoms with E-state index >= 15 is 0 Å². The van der Waals surface area contributed by atoms with Gasteiger partial charge in [-0.25, -0.2) is 4.79 Å². The number of rotatable bonds is 3. The summed E-state index contributed by atoms with van der Waals surface area (Å²) in [5.74, 6) is 0.844. The van der Waals surface area contributed by atoms with Gasteiger partial charge in [0.1, 0.15) is 0 Å². The van der Waals surface area contributed by atoms with Crippen molar-refractivity contribution in [3.05, 3.63) is 0 Å². The summed E-state index contributed by atoms with van der Waals surface area (Å²) in [7, 11) is 0. The number of carbonyl (C=O) groups is 2. The van der Waals surface area contributed by atoms with Gasteiger partial charge in [0.25, 0.3) is 0 Å². The van der Waals surface area contributed by atoms with E-state index in [0.717, 1.165) is 45.2 Å². The highest BCUT2D eigenvalue weighted by atomic mass is 16.4. The molecule has 1 aliphatic carbocycles. The zero-order valence-corrected chi connectivity index (χ0v) is 13.2. The second kappa shape index (κ2) is 7.14. The molecule has 1 saturated carbocycles. The van der Waals surface area contributed by atoms with Crippen molar-refractivity contribution >= 4 is 12.0 Å². The summed E-state index contributed by atoms with van der Waals surface area (Å²) in [4.78, 5) is 25.0. The van der Waals surface area contributed by atoms with E-state index in [9.17, 15) is 9.59 Å². The Balaban J connectivity index is 1.69. The number of carbonyl (C=O) groups excluding carboxylic acids is 1. The summed E-state index contributed by atoms with van der Waals surface area (Å²) < 4.78 is 0. The van der Waals surface area contributed by atoms with Crippen molar-refractivity contribution in [1.29, 1.82) is 0 Å². The molecule has 21 heavy (non-hydrogen) atoms. The molecule has 2 unspecified atom stereocenters. The highest BCUT2D eigenvalue weighted by molar-refractivity contribution is 5.74. The quantitative estimate of drug-likeness (QED) is 0.841. The lowest BCUT2D eigenvalue weighted by atomic mass is 9.82. The van der Waals surface area contributed by atoms with E-state index in [-0.39, 0.29) is 11.9 Å². The summed E-state index contributed by atoms with van der Waals surface area (Å²) in [5.41, 5.74) is 0. The van der Waals surface area contributed by atoms with Crippen LogP contribution in [0.4, 0.5) is 4.79 Å². The topological polar surface area (TPSA) is 69.6 Å². The highest BCUT2D eigenvalue weighted by Crippen LogP contribution is 2.28. The first-order valence-electron chi connectivity index (χ1n) is 8.23. The molecule has 2 atom stereocenters. The Labute approximate surface area is 127 Å². The third-order valence-corrected chi connectivity index (χ3v) is 5.36. The monoisotopic (exact) mass is 296 g/mol. The molecule has 5 heteroatoms. The molecule has 2 fully saturated rings. The number of aliphatic carboxylic acids is 1. The molecular weight excluding hydrogens is 268 g/mol. The highest BCUT2D eigenvalue weighted by Gasteiger charge is 2.28. The number of likely N-dealkylation sites (tertiary alicyclic amines) is 1. The van der Waals surface area contributed by atoms with Crippen molar-refractivity contribution in [3.8, 4) is 0 Å². The Morgan fingerprint density at radius 2 is 1.76 bits per heavy atom. The van der Waals surface area contributed by atoms with Crippen molar-refractivity contribution in [2.75, 3.05) is 19.6 Å². The lowest BCUT2D eigenvalue weighted by Crippen LogP contribution is -2.48. The minimum absolute atomic E-state index is 0.0501. The largest absolute Gasteiger partial charge is 0.481 e. The van der Waals surface area contributed by atoms with Gasteiger partial charge in [0.05, 0.1) is 5.92 Å². The summed E-state index contributed by atoms with van der Waals surface area (Å²) in [6.07, 6.45) is 4.38. The zero-order valence-electron chi connectivity index (χ0n) is 13.2. The Morgan fingerprint density at radius 1 is 1.10 bits per heavy atom. The van der Waals surface area contributed by atoms with Crippen LogP contribution in [0, 0.1) is 23.7 Å². The second-order valence-electron chi connectivity index (χ2n) is 6.93. The molecule has 1 aliphatic heterocycles. The van der Waals surface area contributed by atoms with E-state index in [1.807, 2.05) is 4.90 Å². The number of hydrogen-bond donors (Lipinski definition) is 2. The zero-order chi connectivity index (χ0) is 15.4. The van der Waals surface area contributed by atoms with Gasteiger partial charge < -0.3 is 15.3 Å². The van der Waals surface area contributed by atoms with E-state index in [0.29, 0.717) is 24.3 Å². The fourth-order valence-electron chi connectivity index (χ4n) is 3.40. The molecule has 0 aromatic carbocycles. The number of nitrogens with zero attached hydrogens (tertiary/aromatic N) is 1. The predicted molar refractivity (Wildman–Crippen MR) is 81.0 cm³/mol. The molecule has 1 heterocycles. The maximum Gasteiger partial charge on any atom is 0.317 e. The number of urea groups is 1. The molecule has 120 valence electrons. The summed E-state index contributed by atoms with van der Waals surface area (Å²) in [6.45, 7) is 6.84. The van der Waals surface area contributed by atoms with Gasteiger partial charge in [-0.3, -0.25) is 4.79 Å². The average molecular weight is 296 g/mol. The third-order valence-electron chi connectivity index (χ3n) is 5.36. The van der Waals surface area contributed by atoms with Gasteiger partial charge in [-0.15, -0.1) is 0 Å². The fourth-order valence-corrected chi connectivity index (χ4v) is 3.40. The van der Waals surface area contributed by atoms with Crippen LogP contribution in [0.15, 0.2) is 0 Å². The summed E-state index contributed by atoms with van der Waals surface area (Å²) >= 11 is 0. The molecule has 1 saturated heterocycles. The first-order chi connectivity index (χ1) is 9.97. The van der Waals surface area contributed by atoms with Crippen LogP contribution in [-0.4, -0.2) is 41.6 Å². The number of piperidine rings is 1. The van der Waals surface area contributed by atoms with Gasteiger partial charge in [-0.05, 0) is 49.9 Å². The second-order valence-corrected chi connectivity index (χ2v) is 6.93. The van der Waals surface area contributed by atoms with Crippen LogP contribution in [0.3, 0.4) is 0 Å². The van der Waals surface area contributed by atoms with Gasteiger partial charge >= 0.3 is 12.0 Å². The Hall–Kier alpha value is -1.26. The van der Waals surface area contributed by atoms with Crippen molar-refractivity contribution < 1.29 is 14.7 Å². The average Bonchev–Trinajstić information content (AvgIpc) is 2.48. The molecule has 0 aromatic heterocycles. The van der Waals surface area contributed by atoms with Crippen molar-refractivity contribution in [2.24, 2.45) is 23.7 Å². The SMILES string of the molecule is CC1CCN(C(=O)NCC2CCC(C(=O)O)CC2)CC1C. The molecule has 0 bridgehead atoms.